The SMILES string of the molecule is CCCCCCCCCCOC(=O)c1cccc(C(=O)OCCCc2ccccc2)c1. The van der Waals surface area contributed by atoms with Crippen molar-refractivity contribution in [2.75, 3.05) is 13.2 Å². The van der Waals surface area contributed by atoms with Gasteiger partial charge in [-0.25, -0.2) is 9.59 Å². The third-order valence-corrected chi connectivity index (χ3v) is 5.25. The van der Waals surface area contributed by atoms with Gasteiger partial charge in [-0.05, 0) is 43.0 Å². The fraction of sp³-hybridized carbons (Fsp3) is 0.481. The molecule has 0 fully saturated rings. The van der Waals surface area contributed by atoms with E-state index >= 15 is 0 Å². The normalized spacial score (nSPS) is 10.6. The number of unbranched alkanes of at least 4 members (excludes halogenated alkanes) is 7. The van der Waals surface area contributed by atoms with Crippen molar-refractivity contribution in [3.8, 4) is 0 Å². The lowest BCUT2D eigenvalue weighted by Gasteiger charge is -2.08. The van der Waals surface area contributed by atoms with Crippen molar-refractivity contribution in [3.05, 3.63) is 71.3 Å². The molecule has 2 rings (SSSR count). The molecule has 0 aliphatic heterocycles. The largest absolute Gasteiger partial charge is 0.462 e. The number of hydrogen-bond acceptors (Lipinski definition) is 4. The van der Waals surface area contributed by atoms with Crippen LogP contribution in [-0.2, 0) is 15.9 Å². The standard InChI is InChI=1S/C27H36O4/c1-2-3-4-5-6-7-8-12-20-30-26(28)24-18-13-19-25(22-24)27(29)31-21-14-17-23-15-10-9-11-16-23/h9-11,13,15-16,18-19,22H,2-8,12,14,17,20-21H2,1H3. The van der Waals surface area contributed by atoms with Crippen molar-refractivity contribution in [1.82, 2.24) is 0 Å². The number of benzene rings is 2. The van der Waals surface area contributed by atoms with Crippen LogP contribution in [-0.4, -0.2) is 25.2 Å². The number of carbonyl (C=O) groups excluding carboxylic acids is 2. The Hall–Kier alpha value is -2.62. The number of aryl methyl sites for hydroxylation is 1. The molecule has 2 aromatic carbocycles. The van der Waals surface area contributed by atoms with Crippen LogP contribution >= 0.6 is 0 Å². The van der Waals surface area contributed by atoms with Gasteiger partial charge in [0.25, 0.3) is 0 Å². The highest BCUT2D eigenvalue weighted by Gasteiger charge is 2.12. The lowest BCUT2D eigenvalue weighted by atomic mass is 10.1. The smallest absolute Gasteiger partial charge is 0.338 e. The van der Waals surface area contributed by atoms with Crippen LogP contribution in [0.2, 0.25) is 0 Å². The van der Waals surface area contributed by atoms with Gasteiger partial charge in [-0.3, -0.25) is 0 Å². The van der Waals surface area contributed by atoms with Crippen LogP contribution in [0.5, 0.6) is 0 Å². The first kappa shape index (κ1) is 24.6. The van der Waals surface area contributed by atoms with E-state index in [4.69, 9.17) is 9.47 Å². The van der Waals surface area contributed by atoms with Gasteiger partial charge >= 0.3 is 11.9 Å². The van der Waals surface area contributed by atoms with E-state index in [0.29, 0.717) is 24.3 Å². The van der Waals surface area contributed by atoms with Gasteiger partial charge in [0, 0.05) is 0 Å². The maximum atomic E-state index is 12.3. The molecule has 0 radical (unpaired) electrons. The fourth-order valence-electron chi connectivity index (χ4n) is 3.43. The van der Waals surface area contributed by atoms with Gasteiger partial charge < -0.3 is 9.47 Å². The predicted octanol–water partition coefficient (Wildman–Crippen LogP) is 6.77. The van der Waals surface area contributed by atoms with Crippen LogP contribution in [0.1, 0.15) is 91.0 Å². The molecule has 0 bridgehead atoms. The summed E-state index contributed by atoms with van der Waals surface area (Å²) in [6, 6.07) is 16.7. The molecule has 4 heteroatoms. The molecule has 0 amide bonds. The van der Waals surface area contributed by atoms with Crippen LogP contribution in [0.3, 0.4) is 0 Å². The maximum Gasteiger partial charge on any atom is 0.338 e. The molecule has 0 aromatic heterocycles. The third-order valence-electron chi connectivity index (χ3n) is 5.25. The van der Waals surface area contributed by atoms with E-state index in [1.807, 2.05) is 18.2 Å². The second kappa shape index (κ2) is 15.2. The van der Waals surface area contributed by atoms with Gasteiger partial charge in [0.15, 0.2) is 0 Å². The average Bonchev–Trinajstić information content (AvgIpc) is 2.81. The van der Waals surface area contributed by atoms with Gasteiger partial charge in [0.1, 0.15) is 0 Å². The van der Waals surface area contributed by atoms with Crippen molar-refractivity contribution in [2.45, 2.75) is 71.1 Å². The lowest BCUT2D eigenvalue weighted by molar-refractivity contribution is 0.0497. The Kier molecular flexibility index (Phi) is 12.1. The Morgan fingerprint density at radius 2 is 1.19 bits per heavy atom. The molecule has 168 valence electrons. The zero-order valence-corrected chi connectivity index (χ0v) is 18.8. The molecule has 4 nitrogen and oxygen atoms in total. The molecule has 0 atom stereocenters. The van der Waals surface area contributed by atoms with E-state index in [9.17, 15) is 9.59 Å². The van der Waals surface area contributed by atoms with Crippen molar-refractivity contribution < 1.29 is 19.1 Å². The van der Waals surface area contributed by atoms with Crippen molar-refractivity contribution in [1.29, 1.82) is 0 Å². The Morgan fingerprint density at radius 1 is 0.645 bits per heavy atom. The van der Waals surface area contributed by atoms with Gasteiger partial charge in [0.05, 0.1) is 24.3 Å². The topological polar surface area (TPSA) is 52.6 Å². The van der Waals surface area contributed by atoms with Crippen molar-refractivity contribution in [2.24, 2.45) is 0 Å². The third kappa shape index (κ3) is 10.3. The van der Waals surface area contributed by atoms with Crippen LogP contribution < -0.4 is 0 Å². The molecule has 0 unspecified atom stereocenters. The second-order valence-corrected chi connectivity index (χ2v) is 7.92. The molecule has 0 N–H and O–H groups in total. The van der Waals surface area contributed by atoms with E-state index in [2.05, 4.69) is 19.1 Å². The molecule has 0 saturated heterocycles. The quantitative estimate of drug-likeness (QED) is 0.234. The van der Waals surface area contributed by atoms with E-state index in [1.165, 1.54) is 44.1 Å². The van der Waals surface area contributed by atoms with Crippen LogP contribution in [0.25, 0.3) is 0 Å². The van der Waals surface area contributed by atoms with Crippen molar-refractivity contribution >= 4 is 11.9 Å². The second-order valence-electron chi connectivity index (χ2n) is 7.92. The maximum absolute atomic E-state index is 12.3. The monoisotopic (exact) mass is 424 g/mol. The van der Waals surface area contributed by atoms with Gasteiger partial charge in [-0.1, -0.05) is 88.3 Å². The van der Waals surface area contributed by atoms with E-state index < -0.39 is 5.97 Å². The van der Waals surface area contributed by atoms with Crippen LogP contribution in [0.15, 0.2) is 54.6 Å². The van der Waals surface area contributed by atoms with E-state index in [-0.39, 0.29) is 5.97 Å². The summed E-state index contributed by atoms with van der Waals surface area (Å²) in [5, 5.41) is 0. The Labute approximate surface area is 187 Å². The molecule has 31 heavy (non-hydrogen) atoms. The van der Waals surface area contributed by atoms with Gasteiger partial charge in [0.2, 0.25) is 0 Å². The number of ether oxygens (including phenoxy) is 2. The minimum atomic E-state index is -0.411. The molecule has 0 aliphatic rings. The zero-order chi connectivity index (χ0) is 22.2. The summed E-state index contributed by atoms with van der Waals surface area (Å²) in [6.07, 6.45) is 11.2. The van der Waals surface area contributed by atoms with Crippen LogP contribution in [0.4, 0.5) is 0 Å². The fourth-order valence-corrected chi connectivity index (χ4v) is 3.43. The summed E-state index contributed by atoms with van der Waals surface area (Å²) in [4.78, 5) is 24.6. The number of carbonyl (C=O) groups is 2. The van der Waals surface area contributed by atoms with Gasteiger partial charge in [-0.15, -0.1) is 0 Å². The van der Waals surface area contributed by atoms with E-state index in [1.54, 1.807) is 24.3 Å². The van der Waals surface area contributed by atoms with Crippen LogP contribution in [0, 0.1) is 0 Å². The molecular formula is C27H36O4. The Morgan fingerprint density at radius 3 is 1.81 bits per heavy atom. The molecule has 0 saturated carbocycles. The number of hydrogen-bond donors (Lipinski definition) is 0. The first-order valence-electron chi connectivity index (χ1n) is 11.7. The summed E-state index contributed by atoms with van der Waals surface area (Å²) >= 11 is 0. The Bertz CT molecular complexity index is 770. The Balaban J connectivity index is 1.64. The molecule has 0 aliphatic carbocycles. The summed E-state index contributed by atoms with van der Waals surface area (Å²) in [6.45, 7) is 2.99. The molecule has 0 spiro atoms. The summed E-state index contributed by atoms with van der Waals surface area (Å²) in [5.74, 6) is -0.799. The number of rotatable bonds is 15. The highest BCUT2D eigenvalue weighted by Crippen LogP contribution is 2.11. The minimum absolute atomic E-state index is 0.348. The first-order valence-corrected chi connectivity index (χ1v) is 11.7. The summed E-state index contributed by atoms with van der Waals surface area (Å²) in [5.41, 5.74) is 1.99. The highest BCUT2D eigenvalue weighted by atomic mass is 16.5. The minimum Gasteiger partial charge on any atom is -0.462 e. The number of esters is 2. The molecular weight excluding hydrogens is 388 g/mol. The summed E-state index contributed by atoms with van der Waals surface area (Å²) in [7, 11) is 0. The first-order chi connectivity index (χ1) is 15.2. The lowest BCUT2D eigenvalue weighted by Crippen LogP contribution is -2.10. The van der Waals surface area contributed by atoms with Crippen molar-refractivity contribution in [3.63, 3.8) is 0 Å². The van der Waals surface area contributed by atoms with Gasteiger partial charge in [-0.2, -0.15) is 0 Å². The molecule has 0 heterocycles. The average molecular weight is 425 g/mol. The predicted molar refractivity (Wildman–Crippen MR) is 124 cm³/mol. The molecule has 2 aromatic rings. The summed E-state index contributed by atoms with van der Waals surface area (Å²) < 4.78 is 10.7. The zero-order valence-electron chi connectivity index (χ0n) is 18.8. The van der Waals surface area contributed by atoms with E-state index in [0.717, 1.165) is 25.7 Å². The highest BCUT2D eigenvalue weighted by molar-refractivity contribution is 5.95.